The minimum atomic E-state index is -0.788. The standard InChI is InChI=1S/C15H13F2NO2/c1-10(20-14-7-5-11(16)6-8-14)15(19)18-13-4-2-3-12(17)9-13/h2-10H,1H3,(H,18,19)/t10-/m0/s1. The monoisotopic (exact) mass is 277 g/mol. The maximum absolute atomic E-state index is 13.0. The van der Waals surface area contributed by atoms with Crippen molar-refractivity contribution in [2.45, 2.75) is 13.0 Å². The molecule has 20 heavy (non-hydrogen) atoms. The topological polar surface area (TPSA) is 38.3 Å². The van der Waals surface area contributed by atoms with Gasteiger partial charge >= 0.3 is 0 Å². The summed E-state index contributed by atoms with van der Waals surface area (Å²) in [5.41, 5.74) is 0.351. The van der Waals surface area contributed by atoms with Crippen LogP contribution in [0.3, 0.4) is 0 Å². The second-order valence-electron chi connectivity index (χ2n) is 4.21. The molecule has 0 bridgehead atoms. The average Bonchev–Trinajstić information content (AvgIpc) is 2.41. The Morgan fingerprint density at radius 2 is 1.80 bits per heavy atom. The second-order valence-corrected chi connectivity index (χ2v) is 4.21. The Bertz CT molecular complexity index is 599. The number of nitrogens with one attached hydrogen (secondary N) is 1. The van der Waals surface area contributed by atoms with Gasteiger partial charge in [-0.15, -0.1) is 0 Å². The van der Waals surface area contributed by atoms with Gasteiger partial charge in [-0.05, 0) is 49.4 Å². The van der Waals surface area contributed by atoms with Crippen molar-refractivity contribution in [3.63, 3.8) is 0 Å². The number of anilines is 1. The van der Waals surface area contributed by atoms with E-state index in [4.69, 9.17) is 4.74 Å². The van der Waals surface area contributed by atoms with Crippen LogP contribution >= 0.6 is 0 Å². The van der Waals surface area contributed by atoms with E-state index in [1.54, 1.807) is 13.0 Å². The number of hydrogen-bond donors (Lipinski definition) is 1. The Balaban J connectivity index is 1.96. The van der Waals surface area contributed by atoms with Crippen LogP contribution in [0.1, 0.15) is 6.92 Å². The van der Waals surface area contributed by atoms with Crippen LogP contribution in [0.25, 0.3) is 0 Å². The first kappa shape index (κ1) is 14.0. The third kappa shape index (κ3) is 3.78. The minimum absolute atomic E-state index is 0.351. The molecule has 5 heteroatoms. The Morgan fingerprint density at radius 3 is 2.45 bits per heavy atom. The molecule has 0 aromatic heterocycles. The van der Waals surface area contributed by atoms with E-state index in [9.17, 15) is 13.6 Å². The van der Waals surface area contributed by atoms with Crippen molar-refractivity contribution in [1.29, 1.82) is 0 Å². The van der Waals surface area contributed by atoms with E-state index < -0.39 is 17.8 Å². The molecule has 3 nitrogen and oxygen atoms in total. The largest absolute Gasteiger partial charge is 0.481 e. The maximum Gasteiger partial charge on any atom is 0.265 e. The number of carbonyl (C=O) groups is 1. The van der Waals surface area contributed by atoms with Crippen LogP contribution in [-0.2, 0) is 4.79 Å². The summed E-state index contributed by atoms with van der Waals surface area (Å²) in [4.78, 5) is 11.9. The molecule has 0 saturated carbocycles. The number of amides is 1. The lowest BCUT2D eigenvalue weighted by molar-refractivity contribution is -0.122. The molecule has 0 heterocycles. The van der Waals surface area contributed by atoms with Crippen molar-refractivity contribution >= 4 is 11.6 Å². The third-order valence-corrected chi connectivity index (χ3v) is 2.59. The summed E-state index contributed by atoms with van der Waals surface area (Å²) >= 11 is 0. The number of ether oxygens (including phenoxy) is 1. The van der Waals surface area contributed by atoms with E-state index in [1.165, 1.54) is 42.5 Å². The summed E-state index contributed by atoms with van der Waals surface area (Å²) in [5, 5.41) is 2.54. The highest BCUT2D eigenvalue weighted by Gasteiger charge is 2.15. The fourth-order valence-corrected chi connectivity index (χ4v) is 1.58. The van der Waals surface area contributed by atoms with Gasteiger partial charge in [0.05, 0.1) is 0 Å². The molecule has 0 saturated heterocycles. The summed E-state index contributed by atoms with van der Waals surface area (Å²) in [6, 6.07) is 10.9. The van der Waals surface area contributed by atoms with Crippen molar-refractivity contribution in [1.82, 2.24) is 0 Å². The van der Waals surface area contributed by atoms with Gasteiger partial charge in [-0.3, -0.25) is 4.79 Å². The molecule has 0 spiro atoms. The van der Waals surface area contributed by atoms with Crippen molar-refractivity contribution in [3.8, 4) is 5.75 Å². The Morgan fingerprint density at radius 1 is 1.10 bits per heavy atom. The maximum atomic E-state index is 13.0. The predicted octanol–water partition coefficient (Wildman–Crippen LogP) is 3.37. The van der Waals surface area contributed by atoms with Gasteiger partial charge in [0.1, 0.15) is 17.4 Å². The molecule has 0 aliphatic rings. The first-order valence-electron chi connectivity index (χ1n) is 6.03. The number of halogens is 2. The van der Waals surface area contributed by atoms with Gasteiger partial charge in [-0.25, -0.2) is 8.78 Å². The van der Waals surface area contributed by atoms with Gasteiger partial charge in [0.2, 0.25) is 0 Å². The molecule has 0 aliphatic heterocycles. The van der Waals surface area contributed by atoms with E-state index in [-0.39, 0.29) is 5.82 Å². The summed E-state index contributed by atoms with van der Waals surface area (Å²) in [7, 11) is 0. The van der Waals surface area contributed by atoms with Gasteiger partial charge in [-0.1, -0.05) is 6.07 Å². The number of rotatable bonds is 4. The smallest absolute Gasteiger partial charge is 0.265 e. The van der Waals surface area contributed by atoms with Crippen LogP contribution in [0.15, 0.2) is 48.5 Å². The molecular formula is C15H13F2NO2. The Labute approximate surface area is 115 Å². The quantitative estimate of drug-likeness (QED) is 0.930. The SMILES string of the molecule is C[C@H](Oc1ccc(F)cc1)C(=O)Nc1cccc(F)c1. The molecule has 0 fully saturated rings. The molecule has 1 atom stereocenters. The first-order chi connectivity index (χ1) is 9.54. The second kappa shape index (κ2) is 6.14. The molecule has 0 radical (unpaired) electrons. The first-order valence-corrected chi connectivity index (χ1v) is 6.03. The zero-order valence-corrected chi connectivity index (χ0v) is 10.8. The molecule has 1 amide bonds. The van der Waals surface area contributed by atoms with Crippen LogP contribution < -0.4 is 10.1 Å². The highest BCUT2D eigenvalue weighted by Crippen LogP contribution is 2.14. The highest BCUT2D eigenvalue weighted by atomic mass is 19.1. The minimum Gasteiger partial charge on any atom is -0.481 e. The van der Waals surface area contributed by atoms with E-state index in [1.807, 2.05) is 0 Å². The lowest BCUT2D eigenvalue weighted by Gasteiger charge is -2.14. The van der Waals surface area contributed by atoms with Crippen molar-refractivity contribution < 1.29 is 18.3 Å². The number of carbonyl (C=O) groups excluding carboxylic acids is 1. The normalized spacial score (nSPS) is 11.8. The van der Waals surface area contributed by atoms with E-state index in [0.717, 1.165) is 0 Å². The molecule has 2 aromatic carbocycles. The van der Waals surface area contributed by atoms with Crippen molar-refractivity contribution in [2.75, 3.05) is 5.32 Å². The van der Waals surface area contributed by atoms with Gasteiger partial charge in [0.25, 0.3) is 5.91 Å². The van der Waals surface area contributed by atoms with E-state index >= 15 is 0 Å². The lowest BCUT2D eigenvalue weighted by atomic mass is 10.3. The molecule has 0 unspecified atom stereocenters. The molecular weight excluding hydrogens is 264 g/mol. The predicted molar refractivity (Wildman–Crippen MR) is 71.5 cm³/mol. The Hall–Kier alpha value is -2.43. The van der Waals surface area contributed by atoms with Crippen LogP contribution in [0.4, 0.5) is 14.5 Å². The fraction of sp³-hybridized carbons (Fsp3) is 0.133. The number of benzene rings is 2. The summed E-state index contributed by atoms with van der Waals surface area (Å²) in [5.74, 6) is -0.850. The Kier molecular flexibility index (Phi) is 4.30. The molecule has 104 valence electrons. The van der Waals surface area contributed by atoms with E-state index in [2.05, 4.69) is 5.32 Å². The van der Waals surface area contributed by atoms with Crippen LogP contribution in [-0.4, -0.2) is 12.0 Å². The summed E-state index contributed by atoms with van der Waals surface area (Å²) in [6.07, 6.45) is -0.788. The summed E-state index contributed by atoms with van der Waals surface area (Å²) in [6.45, 7) is 1.55. The average molecular weight is 277 g/mol. The molecule has 2 rings (SSSR count). The van der Waals surface area contributed by atoms with E-state index in [0.29, 0.717) is 11.4 Å². The highest BCUT2D eigenvalue weighted by molar-refractivity contribution is 5.94. The third-order valence-electron chi connectivity index (χ3n) is 2.59. The van der Waals surface area contributed by atoms with Crippen molar-refractivity contribution in [2.24, 2.45) is 0 Å². The zero-order chi connectivity index (χ0) is 14.5. The summed E-state index contributed by atoms with van der Waals surface area (Å²) < 4.78 is 31.1. The molecule has 2 aromatic rings. The fourth-order valence-electron chi connectivity index (χ4n) is 1.58. The van der Waals surface area contributed by atoms with Crippen LogP contribution in [0, 0.1) is 11.6 Å². The van der Waals surface area contributed by atoms with Gasteiger partial charge in [-0.2, -0.15) is 0 Å². The molecule has 0 aliphatic carbocycles. The van der Waals surface area contributed by atoms with Crippen LogP contribution in [0.5, 0.6) is 5.75 Å². The zero-order valence-electron chi connectivity index (χ0n) is 10.8. The van der Waals surface area contributed by atoms with Gasteiger partial charge in [0, 0.05) is 5.69 Å². The lowest BCUT2D eigenvalue weighted by Crippen LogP contribution is -2.30. The molecule has 1 N–H and O–H groups in total. The van der Waals surface area contributed by atoms with Gasteiger partial charge in [0.15, 0.2) is 6.10 Å². The number of hydrogen-bond acceptors (Lipinski definition) is 2. The van der Waals surface area contributed by atoms with Gasteiger partial charge < -0.3 is 10.1 Å². The van der Waals surface area contributed by atoms with Crippen LogP contribution in [0.2, 0.25) is 0 Å². The van der Waals surface area contributed by atoms with Crippen molar-refractivity contribution in [3.05, 3.63) is 60.2 Å².